The van der Waals surface area contributed by atoms with Gasteiger partial charge in [-0.2, -0.15) is 4.39 Å². The molecule has 152 valence electrons. The zero-order valence-corrected chi connectivity index (χ0v) is 16.2. The summed E-state index contributed by atoms with van der Waals surface area (Å²) in [6.45, 7) is 7.42. The van der Waals surface area contributed by atoms with Gasteiger partial charge in [0.05, 0.1) is 23.2 Å². The summed E-state index contributed by atoms with van der Waals surface area (Å²) in [6.07, 6.45) is 0.312. The van der Waals surface area contributed by atoms with Crippen LogP contribution in [0.4, 0.5) is 10.1 Å². The highest BCUT2D eigenvalue weighted by atomic mass is 19.1. The van der Waals surface area contributed by atoms with Crippen LogP contribution in [-0.2, 0) is 26.2 Å². The van der Waals surface area contributed by atoms with E-state index in [4.69, 9.17) is 9.47 Å². The van der Waals surface area contributed by atoms with Crippen LogP contribution in [0.1, 0.15) is 39.8 Å². The summed E-state index contributed by atoms with van der Waals surface area (Å²) >= 11 is 0. The number of nitro benzene ring substituents is 1. The van der Waals surface area contributed by atoms with Crippen LogP contribution in [0, 0.1) is 15.9 Å². The number of carboxylic acid groups (broad SMARTS) is 1. The number of hydrogen-bond acceptors (Lipinski definition) is 5. The first-order valence-electron chi connectivity index (χ1n) is 8.95. The van der Waals surface area contributed by atoms with Gasteiger partial charge >= 0.3 is 11.7 Å². The lowest BCUT2D eigenvalue weighted by Crippen LogP contribution is -2.42. The second-order valence-electron chi connectivity index (χ2n) is 7.97. The van der Waals surface area contributed by atoms with Gasteiger partial charge in [0.2, 0.25) is 5.82 Å². The van der Waals surface area contributed by atoms with Gasteiger partial charge < -0.3 is 19.1 Å². The fourth-order valence-electron chi connectivity index (χ4n) is 3.50. The predicted molar refractivity (Wildman–Crippen MR) is 98.7 cm³/mol. The molecule has 8 nitrogen and oxygen atoms in total. The number of benzene rings is 1. The minimum Gasteiger partial charge on any atom is -0.481 e. The van der Waals surface area contributed by atoms with E-state index in [1.54, 1.807) is 38.3 Å². The molecular weight excluding hydrogens is 371 g/mol. The van der Waals surface area contributed by atoms with E-state index in [-0.39, 0.29) is 12.6 Å². The summed E-state index contributed by atoms with van der Waals surface area (Å²) in [5, 5.41) is 21.2. The normalized spacial score (nSPS) is 19.7. The third kappa shape index (κ3) is 3.59. The van der Waals surface area contributed by atoms with Crippen molar-refractivity contribution in [3.05, 3.63) is 39.8 Å². The molecule has 1 aromatic carbocycles. The molecule has 9 heteroatoms. The van der Waals surface area contributed by atoms with Crippen LogP contribution in [-0.4, -0.2) is 39.1 Å². The van der Waals surface area contributed by atoms with Crippen molar-refractivity contribution in [2.75, 3.05) is 6.61 Å². The summed E-state index contributed by atoms with van der Waals surface area (Å²) in [7, 11) is 0. The van der Waals surface area contributed by atoms with Gasteiger partial charge in [-0.25, -0.2) is 0 Å². The van der Waals surface area contributed by atoms with Crippen LogP contribution in [0.3, 0.4) is 0 Å². The maximum atomic E-state index is 14.3. The summed E-state index contributed by atoms with van der Waals surface area (Å²) in [5.41, 5.74) is -1.12. The molecule has 3 rings (SSSR count). The number of fused-ring (bicyclic) bond motifs is 1. The van der Waals surface area contributed by atoms with E-state index in [9.17, 15) is 24.4 Å². The number of aliphatic carboxylic acids is 1. The van der Waals surface area contributed by atoms with Gasteiger partial charge in [-0.05, 0) is 40.2 Å². The first-order valence-corrected chi connectivity index (χ1v) is 8.95. The molecule has 1 aromatic heterocycles. The molecule has 1 fully saturated rings. The fourth-order valence-corrected chi connectivity index (χ4v) is 3.50. The summed E-state index contributed by atoms with van der Waals surface area (Å²) < 4.78 is 27.4. The van der Waals surface area contributed by atoms with Gasteiger partial charge in [-0.15, -0.1) is 0 Å². The molecule has 1 saturated heterocycles. The molecular formula is C19H23FN2O6. The van der Waals surface area contributed by atoms with E-state index >= 15 is 0 Å². The summed E-state index contributed by atoms with van der Waals surface area (Å²) in [4.78, 5) is 22.1. The first kappa shape index (κ1) is 20.2. The van der Waals surface area contributed by atoms with Crippen molar-refractivity contribution in [2.24, 2.45) is 0 Å². The standard InChI is InChI=1S/C19H23FN2O6/c1-18(2,17(23)24)16-8-11-7-15(22(25)26)13(20)9-14(11)21(16)10-12-5-6-27-19(3,4)28-12/h7-9,12H,5-6,10H2,1-4H3,(H,23,24)/t12-/m1/s1. The third-order valence-electron chi connectivity index (χ3n) is 5.07. The Bertz CT molecular complexity index is 950. The number of carboxylic acids is 1. The molecule has 0 saturated carbocycles. The number of carbonyl (C=O) groups is 1. The van der Waals surface area contributed by atoms with Crippen molar-refractivity contribution in [2.45, 2.75) is 58.0 Å². The number of hydrogen-bond donors (Lipinski definition) is 1. The van der Waals surface area contributed by atoms with Crippen LogP contribution < -0.4 is 0 Å². The smallest absolute Gasteiger partial charge is 0.315 e. The van der Waals surface area contributed by atoms with Crippen molar-refractivity contribution >= 4 is 22.6 Å². The molecule has 0 unspecified atom stereocenters. The second kappa shape index (κ2) is 6.82. The molecule has 28 heavy (non-hydrogen) atoms. The van der Waals surface area contributed by atoms with E-state index in [0.717, 1.165) is 12.1 Å². The predicted octanol–water partition coefficient (Wildman–Crippen LogP) is 3.59. The SMILES string of the molecule is CC1(C)OCC[C@H](Cn2c(C(C)(C)C(=O)O)cc3cc([N+](=O)[O-])c(F)cc32)O1. The lowest BCUT2D eigenvalue weighted by Gasteiger charge is -2.37. The van der Waals surface area contributed by atoms with E-state index in [1.807, 2.05) is 0 Å². The Morgan fingerprint density at radius 3 is 2.68 bits per heavy atom. The van der Waals surface area contributed by atoms with Gasteiger partial charge in [0.25, 0.3) is 0 Å². The molecule has 0 bridgehead atoms. The minimum atomic E-state index is -1.29. The van der Waals surface area contributed by atoms with Crippen LogP contribution in [0.2, 0.25) is 0 Å². The van der Waals surface area contributed by atoms with Crippen LogP contribution in [0.25, 0.3) is 10.9 Å². The Morgan fingerprint density at radius 1 is 1.43 bits per heavy atom. The van der Waals surface area contributed by atoms with Crippen molar-refractivity contribution in [3.8, 4) is 0 Å². The highest BCUT2D eigenvalue weighted by Gasteiger charge is 2.36. The lowest BCUT2D eigenvalue weighted by molar-refractivity contribution is -0.387. The van der Waals surface area contributed by atoms with Gasteiger partial charge in [0, 0.05) is 29.8 Å². The van der Waals surface area contributed by atoms with E-state index < -0.39 is 33.6 Å². The van der Waals surface area contributed by atoms with Gasteiger partial charge in [0.15, 0.2) is 5.79 Å². The topological polar surface area (TPSA) is 104 Å². The molecule has 1 atom stereocenters. The highest BCUT2D eigenvalue weighted by molar-refractivity contribution is 5.88. The zero-order valence-electron chi connectivity index (χ0n) is 16.2. The van der Waals surface area contributed by atoms with Crippen LogP contribution in [0.5, 0.6) is 0 Å². The lowest BCUT2D eigenvalue weighted by atomic mass is 9.89. The Morgan fingerprint density at radius 2 is 2.11 bits per heavy atom. The van der Waals surface area contributed by atoms with E-state index in [1.165, 1.54) is 0 Å². The minimum absolute atomic E-state index is 0.277. The fraction of sp³-hybridized carbons (Fsp3) is 0.526. The molecule has 2 heterocycles. The molecule has 1 N–H and O–H groups in total. The molecule has 1 aliphatic heterocycles. The second-order valence-corrected chi connectivity index (χ2v) is 7.97. The summed E-state index contributed by atoms with van der Waals surface area (Å²) in [5.74, 6) is -2.80. The zero-order chi connectivity index (χ0) is 20.9. The summed E-state index contributed by atoms with van der Waals surface area (Å²) in [6, 6.07) is 3.79. The average Bonchev–Trinajstić information content (AvgIpc) is 2.91. The number of nitro groups is 1. The quantitative estimate of drug-likeness (QED) is 0.614. The Labute approximate surface area is 161 Å². The van der Waals surface area contributed by atoms with E-state index in [0.29, 0.717) is 29.6 Å². The van der Waals surface area contributed by atoms with Gasteiger partial charge in [-0.3, -0.25) is 14.9 Å². The Hall–Kier alpha value is -2.52. The number of halogens is 1. The molecule has 2 aromatic rings. The molecule has 0 radical (unpaired) electrons. The number of nitrogens with zero attached hydrogens (tertiary/aromatic N) is 2. The molecule has 0 aliphatic carbocycles. The number of rotatable bonds is 5. The highest BCUT2D eigenvalue weighted by Crippen LogP contribution is 2.35. The molecule has 0 spiro atoms. The monoisotopic (exact) mass is 394 g/mol. The first-order chi connectivity index (χ1) is 12.9. The Kier molecular flexibility index (Phi) is 4.93. The average molecular weight is 394 g/mol. The van der Waals surface area contributed by atoms with Crippen molar-refractivity contribution in [1.82, 2.24) is 4.57 Å². The maximum absolute atomic E-state index is 14.3. The van der Waals surface area contributed by atoms with Crippen LogP contribution in [0.15, 0.2) is 18.2 Å². The van der Waals surface area contributed by atoms with Crippen molar-refractivity contribution in [1.29, 1.82) is 0 Å². The largest absolute Gasteiger partial charge is 0.481 e. The van der Waals surface area contributed by atoms with Gasteiger partial charge in [0.1, 0.15) is 5.41 Å². The number of ether oxygens (including phenoxy) is 2. The maximum Gasteiger partial charge on any atom is 0.315 e. The molecule has 0 amide bonds. The van der Waals surface area contributed by atoms with Crippen LogP contribution >= 0.6 is 0 Å². The van der Waals surface area contributed by atoms with E-state index in [2.05, 4.69) is 0 Å². The van der Waals surface area contributed by atoms with Crippen molar-refractivity contribution < 1.29 is 28.7 Å². The Balaban J connectivity index is 2.15. The van der Waals surface area contributed by atoms with Crippen molar-refractivity contribution in [3.63, 3.8) is 0 Å². The number of aromatic nitrogens is 1. The molecule has 1 aliphatic rings. The van der Waals surface area contributed by atoms with Gasteiger partial charge in [-0.1, -0.05) is 0 Å². The third-order valence-corrected chi connectivity index (χ3v) is 5.07.